The highest BCUT2D eigenvalue weighted by molar-refractivity contribution is 9.10. The van der Waals surface area contributed by atoms with Gasteiger partial charge in [0.15, 0.2) is 0 Å². The molecule has 0 saturated heterocycles. The molecular weight excluding hydrogens is 654 g/mol. The summed E-state index contributed by atoms with van der Waals surface area (Å²) in [7, 11) is -2.66. The predicted octanol–water partition coefficient (Wildman–Crippen LogP) is 6.13. The number of methoxy groups -OCH3 is 1. The van der Waals surface area contributed by atoms with Gasteiger partial charge < -0.3 is 15.0 Å². The van der Waals surface area contributed by atoms with Crippen molar-refractivity contribution in [2.24, 2.45) is 0 Å². The maximum Gasteiger partial charge on any atom is 0.264 e. The fraction of sp³-hybridized carbons (Fsp3) is 0.257. The van der Waals surface area contributed by atoms with E-state index in [9.17, 15) is 18.0 Å². The number of anilines is 1. The van der Waals surface area contributed by atoms with E-state index < -0.39 is 28.5 Å². The van der Waals surface area contributed by atoms with Crippen LogP contribution < -0.4 is 14.4 Å². The fourth-order valence-electron chi connectivity index (χ4n) is 4.87. The van der Waals surface area contributed by atoms with Crippen LogP contribution in [0.5, 0.6) is 5.75 Å². The molecule has 4 aromatic rings. The Kier molecular flexibility index (Phi) is 11.8. The molecule has 236 valence electrons. The smallest absolute Gasteiger partial charge is 0.264 e. The molecule has 0 unspecified atom stereocenters. The standard InChI is InChI=1S/C35H38BrN3O5S/c1-4-21-37-35(41)33(23-27-9-6-5-7-10-27)38(24-28-11-8-12-29(36)22-28)34(40)25-39(30-15-17-31(44-3)18-16-30)45(42,43)32-19-13-26(2)14-20-32/h5-20,22,33H,4,21,23-25H2,1-3H3,(H,37,41)/t33-/m1/s1. The molecule has 0 saturated carbocycles. The van der Waals surface area contributed by atoms with Crippen LogP contribution in [0, 0.1) is 6.92 Å². The summed E-state index contributed by atoms with van der Waals surface area (Å²) in [5.74, 6) is -0.278. The topological polar surface area (TPSA) is 96.0 Å². The summed E-state index contributed by atoms with van der Waals surface area (Å²) in [4.78, 5) is 29.8. The molecule has 2 amide bonds. The number of carbonyl (C=O) groups excluding carboxylic acids is 2. The van der Waals surface area contributed by atoms with E-state index in [0.29, 0.717) is 18.0 Å². The van der Waals surface area contributed by atoms with Gasteiger partial charge in [0.2, 0.25) is 11.8 Å². The number of nitrogens with one attached hydrogen (secondary N) is 1. The molecule has 0 heterocycles. The van der Waals surface area contributed by atoms with E-state index in [4.69, 9.17) is 4.74 Å². The van der Waals surface area contributed by atoms with E-state index in [1.807, 2.05) is 68.4 Å². The third-order valence-corrected chi connectivity index (χ3v) is 9.59. The zero-order valence-electron chi connectivity index (χ0n) is 25.6. The fourth-order valence-corrected chi connectivity index (χ4v) is 6.73. The van der Waals surface area contributed by atoms with E-state index >= 15 is 0 Å². The lowest BCUT2D eigenvalue weighted by atomic mass is 10.0. The van der Waals surface area contributed by atoms with Crippen molar-refractivity contribution in [3.05, 3.63) is 124 Å². The Morgan fingerprint density at radius 2 is 1.56 bits per heavy atom. The molecule has 10 heteroatoms. The zero-order chi connectivity index (χ0) is 32.4. The number of nitrogens with zero attached hydrogens (tertiary/aromatic N) is 2. The lowest BCUT2D eigenvalue weighted by molar-refractivity contribution is -0.140. The Morgan fingerprint density at radius 1 is 0.889 bits per heavy atom. The monoisotopic (exact) mass is 691 g/mol. The number of sulfonamides is 1. The highest BCUT2D eigenvalue weighted by atomic mass is 79.9. The summed E-state index contributed by atoms with van der Waals surface area (Å²) < 4.78 is 35.5. The van der Waals surface area contributed by atoms with Gasteiger partial charge in [0.05, 0.1) is 17.7 Å². The molecule has 1 atom stereocenters. The molecular formula is C35H38BrN3O5S. The highest BCUT2D eigenvalue weighted by Crippen LogP contribution is 2.27. The van der Waals surface area contributed by atoms with E-state index in [2.05, 4.69) is 21.2 Å². The number of amides is 2. The molecule has 45 heavy (non-hydrogen) atoms. The molecule has 0 spiro atoms. The van der Waals surface area contributed by atoms with Crippen LogP contribution >= 0.6 is 15.9 Å². The maximum atomic E-state index is 14.5. The van der Waals surface area contributed by atoms with Gasteiger partial charge in [-0.25, -0.2) is 8.42 Å². The van der Waals surface area contributed by atoms with E-state index in [0.717, 1.165) is 31.9 Å². The lowest BCUT2D eigenvalue weighted by Crippen LogP contribution is -2.53. The minimum Gasteiger partial charge on any atom is -0.497 e. The normalized spacial score (nSPS) is 11.8. The minimum atomic E-state index is -4.18. The molecule has 0 aliphatic carbocycles. The van der Waals surface area contributed by atoms with Crippen molar-refractivity contribution in [2.75, 3.05) is 24.5 Å². The number of benzene rings is 4. The molecule has 0 aliphatic heterocycles. The lowest BCUT2D eigenvalue weighted by Gasteiger charge is -2.34. The first-order valence-electron chi connectivity index (χ1n) is 14.7. The number of ether oxygens (including phenoxy) is 1. The average Bonchev–Trinajstić information content (AvgIpc) is 3.04. The molecule has 1 N–H and O–H groups in total. The first-order valence-corrected chi connectivity index (χ1v) is 16.9. The number of rotatable bonds is 14. The highest BCUT2D eigenvalue weighted by Gasteiger charge is 2.34. The number of hydrogen-bond donors (Lipinski definition) is 1. The van der Waals surface area contributed by atoms with Crippen molar-refractivity contribution < 1.29 is 22.7 Å². The minimum absolute atomic E-state index is 0.0526. The van der Waals surface area contributed by atoms with Gasteiger partial charge in [0, 0.05) is 24.0 Å². The molecule has 0 aromatic heterocycles. The molecule has 0 radical (unpaired) electrons. The van der Waals surface area contributed by atoms with Crippen molar-refractivity contribution >= 4 is 43.5 Å². The first kappa shape index (κ1) is 33.7. The number of carbonyl (C=O) groups is 2. The maximum absolute atomic E-state index is 14.5. The van der Waals surface area contributed by atoms with Crippen molar-refractivity contribution in [3.63, 3.8) is 0 Å². The average molecular weight is 693 g/mol. The Labute approximate surface area is 274 Å². The van der Waals surface area contributed by atoms with Crippen molar-refractivity contribution in [1.29, 1.82) is 0 Å². The zero-order valence-corrected chi connectivity index (χ0v) is 28.1. The summed E-state index contributed by atoms with van der Waals surface area (Å²) in [6, 6.07) is 29.1. The number of hydrogen-bond acceptors (Lipinski definition) is 5. The van der Waals surface area contributed by atoms with Crippen LogP contribution in [0.2, 0.25) is 0 Å². The molecule has 4 aromatic carbocycles. The Bertz CT molecular complexity index is 1680. The molecule has 0 bridgehead atoms. The predicted molar refractivity (Wildman–Crippen MR) is 181 cm³/mol. The SMILES string of the molecule is CCCNC(=O)[C@@H](Cc1ccccc1)N(Cc1cccc(Br)c1)C(=O)CN(c1ccc(OC)cc1)S(=O)(=O)c1ccc(C)cc1. The van der Waals surface area contributed by atoms with Gasteiger partial charge in [-0.2, -0.15) is 0 Å². The van der Waals surface area contributed by atoms with Crippen LogP contribution in [-0.4, -0.2) is 51.4 Å². The van der Waals surface area contributed by atoms with Crippen LogP contribution in [0.3, 0.4) is 0 Å². The number of halogens is 1. The van der Waals surface area contributed by atoms with Gasteiger partial charge >= 0.3 is 0 Å². The molecule has 0 fully saturated rings. The Balaban J connectivity index is 1.80. The summed E-state index contributed by atoms with van der Waals surface area (Å²) in [5.41, 5.74) is 2.86. The van der Waals surface area contributed by atoms with Gasteiger partial charge in [-0.1, -0.05) is 83.0 Å². The van der Waals surface area contributed by atoms with Gasteiger partial charge in [-0.3, -0.25) is 13.9 Å². The second-order valence-electron chi connectivity index (χ2n) is 10.7. The molecule has 8 nitrogen and oxygen atoms in total. The van der Waals surface area contributed by atoms with Gasteiger partial charge in [0.25, 0.3) is 10.0 Å². The van der Waals surface area contributed by atoms with Crippen molar-refractivity contribution in [3.8, 4) is 5.75 Å². The Morgan fingerprint density at radius 3 is 2.18 bits per heavy atom. The molecule has 4 rings (SSSR count). The van der Waals surface area contributed by atoms with Crippen LogP contribution in [0.15, 0.2) is 112 Å². The summed E-state index contributed by atoms with van der Waals surface area (Å²) in [5, 5.41) is 2.96. The van der Waals surface area contributed by atoms with E-state index in [-0.39, 0.29) is 23.8 Å². The van der Waals surface area contributed by atoms with Crippen molar-refractivity contribution in [2.45, 2.75) is 44.2 Å². The summed E-state index contributed by atoms with van der Waals surface area (Å²) in [6.07, 6.45) is 0.979. The van der Waals surface area contributed by atoms with E-state index in [1.54, 1.807) is 36.4 Å². The van der Waals surface area contributed by atoms with Gasteiger partial charge in [-0.15, -0.1) is 0 Å². The quantitative estimate of drug-likeness (QED) is 0.172. The number of aryl methyl sites for hydroxylation is 1. The van der Waals surface area contributed by atoms with Gasteiger partial charge in [0.1, 0.15) is 18.3 Å². The van der Waals surface area contributed by atoms with E-state index in [1.165, 1.54) is 24.1 Å². The Hall–Kier alpha value is -4.15. The summed E-state index contributed by atoms with van der Waals surface area (Å²) in [6.45, 7) is 3.85. The third-order valence-electron chi connectivity index (χ3n) is 7.31. The first-order chi connectivity index (χ1) is 21.6. The van der Waals surface area contributed by atoms with Gasteiger partial charge in [-0.05, 0) is 73.0 Å². The largest absolute Gasteiger partial charge is 0.497 e. The van der Waals surface area contributed by atoms with Crippen LogP contribution in [-0.2, 0) is 32.6 Å². The third kappa shape index (κ3) is 8.95. The second-order valence-corrected chi connectivity index (χ2v) is 13.4. The van der Waals surface area contributed by atoms with Crippen LogP contribution in [0.25, 0.3) is 0 Å². The van der Waals surface area contributed by atoms with Crippen LogP contribution in [0.1, 0.15) is 30.0 Å². The van der Waals surface area contributed by atoms with Crippen molar-refractivity contribution in [1.82, 2.24) is 10.2 Å². The second kappa shape index (κ2) is 15.7. The molecule has 0 aliphatic rings. The summed E-state index contributed by atoms with van der Waals surface area (Å²) >= 11 is 3.50. The van der Waals surface area contributed by atoms with Crippen LogP contribution in [0.4, 0.5) is 5.69 Å².